The molecule has 0 radical (unpaired) electrons. The number of carbonyl (C=O) groups excluding carboxylic acids is 3. The molecule has 0 unspecified atom stereocenters. The fourth-order valence-electron chi connectivity index (χ4n) is 2.79. The van der Waals surface area contributed by atoms with Crippen LogP contribution in [0.5, 0.6) is 0 Å². The van der Waals surface area contributed by atoms with Crippen molar-refractivity contribution in [1.82, 2.24) is 10.6 Å². The summed E-state index contributed by atoms with van der Waals surface area (Å²) in [5.74, 6) is -0.236. The van der Waals surface area contributed by atoms with Gasteiger partial charge in [0.05, 0.1) is 6.61 Å². The average Bonchev–Trinajstić information content (AvgIpc) is 2.54. The van der Waals surface area contributed by atoms with Crippen LogP contribution in [0, 0.1) is 16.7 Å². The van der Waals surface area contributed by atoms with Gasteiger partial charge in [0.1, 0.15) is 5.78 Å². The number of rotatable bonds is 13. The largest absolute Gasteiger partial charge is 0.384 e. The van der Waals surface area contributed by atoms with Gasteiger partial charge in [-0.05, 0) is 23.7 Å². The van der Waals surface area contributed by atoms with Gasteiger partial charge in [-0.3, -0.25) is 14.4 Å². The van der Waals surface area contributed by atoms with Gasteiger partial charge in [-0.25, -0.2) is 0 Å². The molecule has 0 saturated heterocycles. The maximum Gasteiger partial charge on any atom is 0.223 e. The van der Waals surface area contributed by atoms with E-state index in [4.69, 9.17) is 4.74 Å². The second-order valence-electron chi connectivity index (χ2n) is 10.0. The molecular formula is C22H42N2O4. The zero-order chi connectivity index (χ0) is 21.8. The summed E-state index contributed by atoms with van der Waals surface area (Å²) in [5.41, 5.74) is -0.0713. The second-order valence-corrected chi connectivity index (χ2v) is 10.0. The van der Waals surface area contributed by atoms with Crippen LogP contribution in [0.15, 0.2) is 0 Å². The number of Topliss-reactive ketones (excluding diaryl/α,β-unsaturated/α-hetero) is 1. The molecule has 0 spiro atoms. The third-order valence-corrected chi connectivity index (χ3v) is 4.20. The zero-order valence-electron chi connectivity index (χ0n) is 19.1. The fraction of sp³-hybridized carbons (Fsp3) is 0.864. The highest BCUT2D eigenvalue weighted by atomic mass is 16.5. The van der Waals surface area contributed by atoms with Crippen LogP contribution in [-0.2, 0) is 19.1 Å². The summed E-state index contributed by atoms with van der Waals surface area (Å²) in [5, 5.41) is 5.85. The summed E-state index contributed by atoms with van der Waals surface area (Å²) in [4.78, 5) is 36.6. The Labute approximate surface area is 171 Å². The van der Waals surface area contributed by atoms with Crippen molar-refractivity contribution in [3.05, 3.63) is 0 Å². The normalized spacial score (nSPS) is 13.1. The predicted molar refractivity (Wildman–Crippen MR) is 113 cm³/mol. The van der Waals surface area contributed by atoms with E-state index < -0.39 is 0 Å². The van der Waals surface area contributed by atoms with Crippen LogP contribution in [0.1, 0.15) is 80.1 Å². The number of hydrogen-bond donors (Lipinski definition) is 2. The Morgan fingerprint density at radius 3 is 2.11 bits per heavy atom. The van der Waals surface area contributed by atoms with Crippen molar-refractivity contribution in [2.24, 2.45) is 16.7 Å². The molecule has 0 fully saturated rings. The van der Waals surface area contributed by atoms with E-state index in [9.17, 15) is 14.4 Å². The molecule has 2 amide bonds. The quantitative estimate of drug-likeness (QED) is 0.465. The Bertz CT molecular complexity index is 490. The first kappa shape index (κ1) is 26.6. The van der Waals surface area contributed by atoms with Gasteiger partial charge in [0.25, 0.3) is 0 Å². The van der Waals surface area contributed by atoms with Gasteiger partial charge in [0.2, 0.25) is 11.8 Å². The molecule has 6 heteroatoms. The highest BCUT2D eigenvalue weighted by Gasteiger charge is 2.25. The van der Waals surface area contributed by atoms with Crippen LogP contribution < -0.4 is 10.6 Å². The van der Waals surface area contributed by atoms with Crippen LogP contribution in [0.4, 0.5) is 0 Å². The Hall–Kier alpha value is -1.43. The number of unbranched alkanes of at least 4 members (excludes halogenated alkanes) is 1. The fourth-order valence-corrected chi connectivity index (χ4v) is 2.79. The van der Waals surface area contributed by atoms with Gasteiger partial charge in [0.15, 0.2) is 0 Å². The second kappa shape index (κ2) is 12.9. The van der Waals surface area contributed by atoms with Crippen LogP contribution in [-0.4, -0.2) is 44.4 Å². The molecule has 0 aliphatic heterocycles. The van der Waals surface area contributed by atoms with Crippen molar-refractivity contribution in [3.8, 4) is 0 Å². The third-order valence-electron chi connectivity index (χ3n) is 4.20. The van der Waals surface area contributed by atoms with Crippen LogP contribution in [0.3, 0.4) is 0 Å². The average molecular weight is 399 g/mol. The lowest BCUT2D eigenvalue weighted by Crippen LogP contribution is -2.37. The van der Waals surface area contributed by atoms with Crippen molar-refractivity contribution in [3.63, 3.8) is 0 Å². The van der Waals surface area contributed by atoms with Crippen molar-refractivity contribution in [2.75, 3.05) is 26.8 Å². The summed E-state index contributed by atoms with van der Waals surface area (Å²) >= 11 is 0. The van der Waals surface area contributed by atoms with Crippen molar-refractivity contribution < 1.29 is 19.1 Å². The minimum absolute atomic E-state index is 0.00210. The predicted octanol–water partition coefficient (Wildman–Crippen LogP) is 3.48. The molecule has 6 nitrogen and oxygen atoms in total. The van der Waals surface area contributed by atoms with Crippen LogP contribution in [0.2, 0.25) is 0 Å². The van der Waals surface area contributed by atoms with Crippen LogP contribution in [0.25, 0.3) is 0 Å². The summed E-state index contributed by atoms with van der Waals surface area (Å²) in [6.07, 6.45) is 3.35. The lowest BCUT2D eigenvalue weighted by atomic mass is 9.85. The van der Waals surface area contributed by atoms with E-state index in [0.29, 0.717) is 39.0 Å². The van der Waals surface area contributed by atoms with Gasteiger partial charge in [-0.15, -0.1) is 0 Å². The zero-order valence-corrected chi connectivity index (χ0v) is 19.1. The third kappa shape index (κ3) is 15.6. The van der Waals surface area contributed by atoms with Crippen LogP contribution >= 0.6 is 0 Å². The van der Waals surface area contributed by atoms with Crippen molar-refractivity contribution >= 4 is 17.6 Å². The van der Waals surface area contributed by atoms with Gasteiger partial charge in [-0.1, -0.05) is 48.0 Å². The molecule has 1 atom stereocenters. The van der Waals surface area contributed by atoms with E-state index in [-0.39, 0.29) is 40.8 Å². The monoisotopic (exact) mass is 398 g/mol. The Kier molecular flexibility index (Phi) is 12.3. The molecule has 164 valence electrons. The number of hydrogen-bond acceptors (Lipinski definition) is 4. The minimum Gasteiger partial charge on any atom is -0.384 e. The van der Waals surface area contributed by atoms with E-state index in [1.54, 1.807) is 7.11 Å². The number of ether oxygens (including phenoxy) is 1. The highest BCUT2D eigenvalue weighted by molar-refractivity contribution is 5.87. The number of amides is 2. The van der Waals surface area contributed by atoms with Gasteiger partial charge >= 0.3 is 0 Å². The Morgan fingerprint density at radius 1 is 0.929 bits per heavy atom. The molecule has 0 aromatic carbocycles. The molecule has 0 aliphatic carbocycles. The lowest BCUT2D eigenvalue weighted by Gasteiger charge is -2.23. The molecule has 0 aromatic heterocycles. The molecule has 0 bridgehead atoms. The summed E-state index contributed by atoms with van der Waals surface area (Å²) < 4.78 is 4.88. The van der Waals surface area contributed by atoms with E-state index in [2.05, 4.69) is 31.4 Å². The molecule has 28 heavy (non-hydrogen) atoms. The SMILES string of the molecule is COCCC(=O)NCCCC[C@H](CC(=O)CC(C)(C)C)C(=O)NCC(C)(C)C. The summed E-state index contributed by atoms with van der Waals surface area (Å²) in [7, 11) is 1.57. The minimum atomic E-state index is -0.304. The summed E-state index contributed by atoms with van der Waals surface area (Å²) in [6.45, 7) is 13.9. The van der Waals surface area contributed by atoms with Crippen molar-refractivity contribution in [2.45, 2.75) is 80.1 Å². The van der Waals surface area contributed by atoms with Gasteiger partial charge in [-0.2, -0.15) is 0 Å². The Balaban J connectivity index is 4.53. The van der Waals surface area contributed by atoms with E-state index >= 15 is 0 Å². The van der Waals surface area contributed by atoms with Gasteiger partial charge in [0, 0.05) is 45.4 Å². The molecular weight excluding hydrogens is 356 g/mol. The topological polar surface area (TPSA) is 84.5 Å². The maximum absolute atomic E-state index is 12.6. The van der Waals surface area contributed by atoms with Gasteiger partial charge < -0.3 is 15.4 Å². The standard InChI is InChI=1S/C22H42N2O4/c1-21(2,3)15-18(25)14-17(20(27)24-16-22(4,5)6)10-8-9-12-23-19(26)11-13-28-7/h17H,8-16H2,1-7H3,(H,23,26)(H,24,27)/t17-/m1/s1. The first-order valence-corrected chi connectivity index (χ1v) is 10.4. The number of ketones is 1. The number of carbonyl (C=O) groups is 3. The summed E-state index contributed by atoms with van der Waals surface area (Å²) in [6, 6.07) is 0. The highest BCUT2D eigenvalue weighted by Crippen LogP contribution is 2.23. The van der Waals surface area contributed by atoms with E-state index in [0.717, 1.165) is 12.8 Å². The van der Waals surface area contributed by atoms with E-state index in [1.807, 2.05) is 20.8 Å². The molecule has 0 saturated carbocycles. The lowest BCUT2D eigenvalue weighted by molar-refractivity contribution is -0.130. The van der Waals surface area contributed by atoms with Crippen molar-refractivity contribution in [1.29, 1.82) is 0 Å². The first-order chi connectivity index (χ1) is 12.8. The Morgan fingerprint density at radius 2 is 1.57 bits per heavy atom. The smallest absolute Gasteiger partial charge is 0.223 e. The molecule has 0 aromatic rings. The molecule has 0 aliphatic rings. The molecule has 2 N–H and O–H groups in total. The molecule has 0 rings (SSSR count). The van der Waals surface area contributed by atoms with E-state index in [1.165, 1.54) is 0 Å². The first-order valence-electron chi connectivity index (χ1n) is 10.4. The maximum atomic E-state index is 12.6. The number of methoxy groups -OCH3 is 1. The molecule has 0 heterocycles. The number of nitrogens with one attached hydrogen (secondary N) is 2.